The van der Waals surface area contributed by atoms with Gasteiger partial charge in [-0.2, -0.15) is 0 Å². The maximum Gasteiger partial charge on any atom is 0.326 e. The number of rotatable bonds is 4. The predicted octanol–water partition coefficient (Wildman–Crippen LogP) is 0.944. The number of likely N-dealkylation sites (N-methyl/N-ethyl adjacent to an activating group) is 1. The lowest BCUT2D eigenvalue weighted by molar-refractivity contribution is -0.141. The first-order valence-electron chi connectivity index (χ1n) is 5.86. The van der Waals surface area contributed by atoms with Crippen LogP contribution >= 0.6 is 0 Å². The van der Waals surface area contributed by atoms with Crippen LogP contribution in [0.3, 0.4) is 0 Å². The van der Waals surface area contributed by atoms with Gasteiger partial charge in [0.25, 0.3) is 5.91 Å². The maximum absolute atomic E-state index is 12.1. The molecule has 1 N–H and O–H groups in total. The lowest BCUT2D eigenvalue weighted by Gasteiger charge is -2.21. The highest BCUT2D eigenvalue weighted by Crippen LogP contribution is 2.18. The molecule has 0 saturated carbocycles. The third-order valence-corrected chi connectivity index (χ3v) is 4.33. The van der Waals surface area contributed by atoms with Crippen molar-refractivity contribution in [1.29, 1.82) is 0 Å². The summed E-state index contributed by atoms with van der Waals surface area (Å²) in [7, 11) is -2.08. The zero-order valence-corrected chi connectivity index (χ0v) is 12.6. The van der Waals surface area contributed by atoms with Gasteiger partial charge >= 0.3 is 5.97 Å². The Bertz CT molecular complexity index is 651. The van der Waals surface area contributed by atoms with Crippen molar-refractivity contribution in [2.75, 3.05) is 13.3 Å². The van der Waals surface area contributed by atoms with Crippen LogP contribution in [0.4, 0.5) is 0 Å². The van der Waals surface area contributed by atoms with Crippen LogP contribution in [0, 0.1) is 6.92 Å². The third kappa shape index (κ3) is 3.36. The maximum atomic E-state index is 12.1. The molecule has 0 aromatic heterocycles. The number of sulfone groups is 1. The van der Waals surface area contributed by atoms with Crippen molar-refractivity contribution < 1.29 is 23.1 Å². The molecule has 0 aliphatic heterocycles. The minimum atomic E-state index is -3.44. The average molecular weight is 299 g/mol. The van der Waals surface area contributed by atoms with Gasteiger partial charge in [-0.3, -0.25) is 4.79 Å². The van der Waals surface area contributed by atoms with E-state index in [-0.39, 0.29) is 10.5 Å². The summed E-state index contributed by atoms with van der Waals surface area (Å²) >= 11 is 0. The molecule has 1 atom stereocenters. The van der Waals surface area contributed by atoms with Crippen LogP contribution in [0.1, 0.15) is 22.8 Å². The highest BCUT2D eigenvalue weighted by molar-refractivity contribution is 7.90. The molecule has 110 valence electrons. The first-order chi connectivity index (χ1) is 9.05. The molecule has 7 heteroatoms. The Morgan fingerprint density at radius 1 is 1.30 bits per heavy atom. The number of carboxylic acid groups (broad SMARTS) is 1. The minimum absolute atomic E-state index is 0.0692. The van der Waals surface area contributed by atoms with E-state index >= 15 is 0 Å². The SMILES string of the molecule is Cc1ccc(C(=O)N(C)C(C)C(=O)O)cc1S(C)(=O)=O. The molecule has 0 aliphatic carbocycles. The van der Waals surface area contributed by atoms with E-state index in [1.165, 1.54) is 32.2 Å². The van der Waals surface area contributed by atoms with E-state index in [2.05, 4.69) is 0 Å². The molecule has 0 saturated heterocycles. The van der Waals surface area contributed by atoms with E-state index in [4.69, 9.17) is 5.11 Å². The Morgan fingerprint density at radius 3 is 2.30 bits per heavy atom. The van der Waals surface area contributed by atoms with Crippen molar-refractivity contribution in [2.45, 2.75) is 24.8 Å². The van der Waals surface area contributed by atoms with Crippen molar-refractivity contribution in [1.82, 2.24) is 4.90 Å². The number of hydrogen-bond donors (Lipinski definition) is 1. The molecule has 1 rings (SSSR count). The van der Waals surface area contributed by atoms with Gasteiger partial charge in [0.1, 0.15) is 6.04 Å². The summed E-state index contributed by atoms with van der Waals surface area (Å²) in [5.74, 6) is -1.67. The lowest BCUT2D eigenvalue weighted by atomic mass is 10.1. The van der Waals surface area contributed by atoms with E-state index in [1.54, 1.807) is 6.92 Å². The fourth-order valence-corrected chi connectivity index (χ4v) is 2.67. The molecule has 1 aromatic rings. The van der Waals surface area contributed by atoms with Crippen LogP contribution in [0.2, 0.25) is 0 Å². The summed E-state index contributed by atoms with van der Waals surface area (Å²) in [4.78, 5) is 24.1. The van der Waals surface area contributed by atoms with Gasteiger partial charge in [-0.1, -0.05) is 6.07 Å². The average Bonchev–Trinajstić information content (AvgIpc) is 2.35. The van der Waals surface area contributed by atoms with Gasteiger partial charge in [0, 0.05) is 18.9 Å². The van der Waals surface area contributed by atoms with Gasteiger partial charge in [-0.05, 0) is 31.5 Å². The van der Waals surface area contributed by atoms with Crippen LogP contribution in [0.15, 0.2) is 23.1 Å². The molecule has 0 fully saturated rings. The molecule has 0 heterocycles. The number of aryl methyl sites for hydroxylation is 1. The second-order valence-electron chi connectivity index (χ2n) is 4.68. The lowest BCUT2D eigenvalue weighted by Crippen LogP contribution is -2.40. The van der Waals surface area contributed by atoms with Crippen LogP contribution in [0.25, 0.3) is 0 Å². The summed E-state index contributed by atoms with van der Waals surface area (Å²) in [5, 5.41) is 8.89. The number of carbonyl (C=O) groups excluding carboxylic acids is 1. The van der Waals surface area contributed by atoms with Crippen molar-refractivity contribution in [3.8, 4) is 0 Å². The highest BCUT2D eigenvalue weighted by atomic mass is 32.2. The van der Waals surface area contributed by atoms with E-state index in [9.17, 15) is 18.0 Å². The smallest absolute Gasteiger partial charge is 0.326 e. The summed E-state index contributed by atoms with van der Waals surface area (Å²) in [6.45, 7) is 3.01. The van der Waals surface area contributed by atoms with Crippen molar-refractivity contribution >= 4 is 21.7 Å². The Balaban J connectivity index is 3.22. The zero-order chi connectivity index (χ0) is 15.7. The first-order valence-corrected chi connectivity index (χ1v) is 7.75. The monoisotopic (exact) mass is 299 g/mol. The molecule has 20 heavy (non-hydrogen) atoms. The molecule has 0 aliphatic rings. The van der Waals surface area contributed by atoms with Crippen LogP contribution in [0.5, 0.6) is 0 Å². The number of amides is 1. The van der Waals surface area contributed by atoms with Crippen molar-refractivity contribution in [2.24, 2.45) is 0 Å². The number of carbonyl (C=O) groups is 2. The molecular formula is C13H17NO5S. The van der Waals surface area contributed by atoms with E-state index in [0.29, 0.717) is 5.56 Å². The highest BCUT2D eigenvalue weighted by Gasteiger charge is 2.24. The second-order valence-corrected chi connectivity index (χ2v) is 6.67. The number of carboxylic acids is 1. The summed E-state index contributed by atoms with van der Waals surface area (Å²) < 4.78 is 23.2. The fourth-order valence-electron chi connectivity index (χ4n) is 1.68. The van der Waals surface area contributed by atoms with Crippen molar-refractivity contribution in [3.05, 3.63) is 29.3 Å². The van der Waals surface area contributed by atoms with Crippen LogP contribution in [-0.2, 0) is 14.6 Å². The summed E-state index contributed by atoms with van der Waals surface area (Å²) in [6.07, 6.45) is 1.06. The third-order valence-electron chi connectivity index (χ3n) is 3.09. The minimum Gasteiger partial charge on any atom is -0.480 e. The Morgan fingerprint density at radius 2 is 1.85 bits per heavy atom. The quantitative estimate of drug-likeness (QED) is 0.893. The van der Waals surface area contributed by atoms with Gasteiger partial charge < -0.3 is 10.0 Å². The molecule has 6 nitrogen and oxygen atoms in total. The van der Waals surface area contributed by atoms with Gasteiger partial charge in [0.05, 0.1) is 4.90 Å². The van der Waals surface area contributed by atoms with E-state index in [0.717, 1.165) is 11.2 Å². The first kappa shape index (κ1) is 16.2. The van der Waals surface area contributed by atoms with E-state index in [1.807, 2.05) is 0 Å². The molecular weight excluding hydrogens is 282 g/mol. The van der Waals surface area contributed by atoms with Gasteiger partial charge in [-0.25, -0.2) is 13.2 Å². The Kier molecular flexibility index (Phi) is 4.54. The number of benzene rings is 1. The largest absolute Gasteiger partial charge is 0.480 e. The molecule has 0 spiro atoms. The second kappa shape index (κ2) is 5.62. The van der Waals surface area contributed by atoms with E-state index < -0.39 is 27.8 Å². The molecule has 1 amide bonds. The topological polar surface area (TPSA) is 91.8 Å². The summed E-state index contributed by atoms with van der Waals surface area (Å²) in [5.41, 5.74) is 0.685. The Hall–Kier alpha value is -1.89. The standard InChI is InChI=1S/C13H17NO5S/c1-8-5-6-10(7-11(8)20(4,18)19)12(15)14(3)9(2)13(16)17/h5-7,9H,1-4H3,(H,16,17). The van der Waals surface area contributed by atoms with Gasteiger partial charge in [0.15, 0.2) is 9.84 Å². The molecule has 1 aromatic carbocycles. The predicted molar refractivity (Wildman–Crippen MR) is 73.5 cm³/mol. The number of aliphatic carboxylic acids is 1. The normalized spacial score (nSPS) is 12.8. The van der Waals surface area contributed by atoms with Gasteiger partial charge in [0.2, 0.25) is 0 Å². The number of nitrogens with zero attached hydrogens (tertiary/aromatic N) is 1. The molecule has 1 unspecified atom stereocenters. The number of hydrogen-bond acceptors (Lipinski definition) is 4. The zero-order valence-electron chi connectivity index (χ0n) is 11.7. The molecule has 0 bridgehead atoms. The fraction of sp³-hybridized carbons (Fsp3) is 0.385. The van der Waals surface area contributed by atoms with Gasteiger partial charge in [-0.15, -0.1) is 0 Å². The van der Waals surface area contributed by atoms with Crippen LogP contribution < -0.4 is 0 Å². The Labute approximate surface area is 117 Å². The molecule has 0 radical (unpaired) electrons. The van der Waals surface area contributed by atoms with Crippen LogP contribution in [-0.4, -0.2) is 49.6 Å². The summed E-state index contributed by atoms with van der Waals surface area (Å²) in [6, 6.07) is 3.30. The van der Waals surface area contributed by atoms with Crippen molar-refractivity contribution in [3.63, 3.8) is 0 Å².